The van der Waals surface area contributed by atoms with Gasteiger partial charge in [0, 0.05) is 6.61 Å². The molecule has 0 spiro atoms. The molecule has 2 atom stereocenters. The van der Waals surface area contributed by atoms with Gasteiger partial charge in [-0.25, -0.2) is 0 Å². The van der Waals surface area contributed by atoms with Crippen molar-refractivity contribution in [2.75, 3.05) is 6.61 Å². The topological polar surface area (TPSA) is 9.23 Å². The van der Waals surface area contributed by atoms with Crippen molar-refractivity contribution in [3.8, 4) is 0 Å². The van der Waals surface area contributed by atoms with E-state index in [4.69, 9.17) is 4.74 Å². The minimum Gasteiger partial charge on any atom is -0.378 e. The Morgan fingerprint density at radius 2 is 1.75 bits per heavy atom. The molecule has 16 heavy (non-hydrogen) atoms. The van der Waals surface area contributed by atoms with Gasteiger partial charge in [0.1, 0.15) is 0 Å². The maximum Gasteiger partial charge on any atom is 0.0605 e. The third-order valence-electron chi connectivity index (χ3n) is 4.49. The highest BCUT2D eigenvalue weighted by atomic mass is 16.5. The lowest BCUT2D eigenvalue weighted by Crippen LogP contribution is -2.34. The van der Waals surface area contributed by atoms with E-state index < -0.39 is 0 Å². The van der Waals surface area contributed by atoms with E-state index in [2.05, 4.69) is 6.92 Å². The van der Waals surface area contributed by atoms with E-state index in [9.17, 15) is 0 Å². The molecule has 2 rings (SSSR count). The summed E-state index contributed by atoms with van der Waals surface area (Å²) >= 11 is 0. The van der Waals surface area contributed by atoms with Crippen molar-refractivity contribution in [3.05, 3.63) is 6.92 Å². The van der Waals surface area contributed by atoms with Crippen LogP contribution in [0.25, 0.3) is 0 Å². The fourth-order valence-corrected chi connectivity index (χ4v) is 3.63. The Bertz CT molecular complexity index is 160. The summed E-state index contributed by atoms with van der Waals surface area (Å²) < 4.78 is 6.02. The first-order valence-electron chi connectivity index (χ1n) is 7.32. The van der Waals surface area contributed by atoms with Crippen molar-refractivity contribution < 1.29 is 4.74 Å². The number of ether oxygens (including phenoxy) is 1. The zero-order valence-electron chi connectivity index (χ0n) is 10.6. The van der Waals surface area contributed by atoms with Crippen LogP contribution >= 0.6 is 0 Å². The van der Waals surface area contributed by atoms with Crippen LogP contribution in [0.3, 0.4) is 0 Å². The van der Waals surface area contributed by atoms with Crippen molar-refractivity contribution in [1.82, 2.24) is 0 Å². The Labute approximate surface area is 101 Å². The highest BCUT2D eigenvalue weighted by Gasteiger charge is 2.31. The predicted molar refractivity (Wildman–Crippen MR) is 68.2 cm³/mol. The third-order valence-corrected chi connectivity index (χ3v) is 4.49. The smallest absolute Gasteiger partial charge is 0.0605 e. The summed E-state index contributed by atoms with van der Waals surface area (Å²) in [7, 11) is 0. The molecule has 1 aliphatic heterocycles. The average Bonchev–Trinajstić information content (AvgIpc) is 2.38. The number of hydrogen-bond donors (Lipinski definition) is 0. The second-order valence-electron chi connectivity index (χ2n) is 5.61. The molecule has 1 heterocycles. The first-order chi connectivity index (χ1) is 7.92. The maximum atomic E-state index is 6.02. The Hall–Kier alpha value is -0.0400. The molecule has 2 aliphatic rings. The molecule has 1 saturated heterocycles. The molecule has 1 heteroatoms. The van der Waals surface area contributed by atoms with Gasteiger partial charge in [-0.2, -0.15) is 0 Å². The lowest BCUT2D eigenvalue weighted by atomic mass is 9.74. The predicted octanol–water partition coefficient (Wildman–Crippen LogP) is 4.37. The van der Waals surface area contributed by atoms with Crippen molar-refractivity contribution in [2.45, 2.75) is 70.3 Å². The SMILES string of the molecule is [CH2]CCC(C1CCCCC1)C1CCCCO1. The Morgan fingerprint density at radius 1 is 1.00 bits per heavy atom. The first kappa shape index (κ1) is 12.4. The molecule has 1 nitrogen and oxygen atoms in total. The number of hydrogen-bond acceptors (Lipinski definition) is 1. The van der Waals surface area contributed by atoms with Crippen molar-refractivity contribution in [1.29, 1.82) is 0 Å². The fraction of sp³-hybridized carbons (Fsp3) is 0.933. The molecule has 0 N–H and O–H groups in total. The van der Waals surface area contributed by atoms with E-state index in [0.29, 0.717) is 6.10 Å². The summed E-state index contributed by atoms with van der Waals surface area (Å²) in [6.45, 7) is 5.06. The van der Waals surface area contributed by atoms with Crippen LogP contribution in [-0.2, 0) is 4.74 Å². The molecule has 0 aromatic heterocycles. The summed E-state index contributed by atoms with van der Waals surface area (Å²) in [5.41, 5.74) is 0. The van der Waals surface area contributed by atoms with E-state index in [1.807, 2.05) is 0 Å². The Kier molecular flexibility index (Phi) is 5.15. The summed E-state index contributed by atoms with van der Waals surface area (Å²) in [6, 6.07) is 0. The van der Waals surface area contributed by atoms with Gasteiger partial charge in [-0.3, -0.25) is 0 Å². The van der Waals surface area contributed by atoms with Crippen LogP contribution in [0.15, 0.2) is 0 Å². The average molecular weight is 223 g/mol. The van der Waals surface area contributed by atoms with Crippen LogP contribution in [0.1, 0.15) is 64.2 Å². The summed E-state index contributed by atoms with van der Waals surface area (Å²) in [5.74, 6) is 1.76. The minimum atomic E-state index is 0.568. The van der Waals surface area contributed by atoms with Crippen LogP contribution in [0, 0.1) is 18.8 Å². The molecule has 1 saturated carbocycles. The van der Waals surface area contributed by atoms with Crippen LogP contribution in [-0.4, -0.2) is 12.7 Å². The molecule has 0 aromatic rings. The molecular weight excluding hydrogens is 196 g/mol. The van der Waals surface area contributed by atoms with Crippen molar-refractivity contribution in [3.63, 3.8) is 0 Å². The second kappa shape index (κ2) is 6.64. The molecular formula is C15H27O. The lowest BCUT2D eigenvalue weighted by molar-refractivity contribution is -0.0448. The third kappa shape index (κ3) is 3.23. The highest BCUT2D eigenvalue weighted by molar-refractivity contribution is 4.82. The van der Waals surface area contributed by atoms with Gasteiger partial charge >= 0.3 is 0 Å². The highest BCUT2D eigenvalue weighted by Crippen LogP contribution is 2.37. The van der Waals surface area contributed by atoms with Crippen molar-refractivity contribution >= 4 is 0 Å². The zero-order valence-corrected chi connectivity index (χ0v) is 10.6. The molecule has 2 fully saturated rings. The number of rotatable bonds is 4. The molecule has 0 bridgehead atoms. The first-order valence-corrected chi connectivity index (χ1v) is 7.32. The molecule has 2 unspecified atom stereocenters. The van der Waals surface area contributed by atoms with Gasteiger partial charge in [-0.05, 0) is 37.5 Å². The quantitative estimate of drug-likeness (QED) is 0.688. The van der Waals surface area contributed by atoms with Gasteiger partial charge in [0.05, 0.1) is 6.10 Å². The van der Waals surface area contributed by atoms with Gasteiger partial charge in [-0.15, -0.1) is 0 Å². The van der Waals surface area contributed by atoms with Crippen LogP contribution in [0.4, 0.5) is 0 Å². The molecule has 1 radical (unpaired) electrons. The van der Waals surface area contributed by atoms with E-state index in [1.54, 1.807) is 0 Å². The maximum absolute atomic E-state index is 6.02. The van der Waals surface area contributed by atoms with Gasteiger partial charge in [0.15, 0.2) is 0 Å². The molecule has 93 valence electrons. The van der Waals surface area contributed by atoms with E-state index >= 15 is 0 Å². The normalized spacial score (nSPS) is 30.2. The molecule has 1 aliphatic carbocycles. The molecule has 0 amide bonds. The van der Waals surface area contributed by atoms with Crippen LogP contribution in [0.5, 0.6) is 0 Å². The zero-order chi connectivity index (χ0) is 11.2. The van der Waals surface area contributed by atoms with Gasteiger partial charge in [-0.1, -0.05) is 45.4 Å². The van der Waals surface area contributed by atoms with Gasteiger partial charge in [0.2, 0.25) is 0 Å². The van der Waals surface area contributed by atoms with Gasteiger partial charge in [0.25, 0.3) is 0 Å². The summed E-state index contributed by atoms with van der Waals surface area (Å²) in [6.07, 6.45) is 14.2. The standard InChI is InChI=1S/C15H27O/c1-2-8-14(13-9-4-3-5-10-13)15-11-6-7-12-16-15/h13-15H,1-12H2. The minimum absolute atomic E-state index is 0.568. The summed E-state index contributed by atoms with van der Waals surface area (Å²) in [4.78, 5) is 0. The van der Waals surface area contributed by atoms with Crippen LogP contribution in [0.2, 0.25) is 0 Å². The van der Waals surface area contributed by atoms with E-state index in [0.717, 1.165) is 24.9 Å². The van der Waals surface area contributed by atoms with Crippen molar-refractivity contribution in [2.24, 2.45) is 11.8 Å². The Morgan fingerprint density at radius 3 is 2.38 bits per heavy atom. The fourth-order valence-electron chi connectivity index (χ4n) is 3.63. The van der Waals surface area contributed by atoms with Gasteiger partial charge < -0.3 is 4.74 Å². The van der Waals surface area contributed by atoms with E-state index in [1.165, 1.54) is 57.8 Å². The van der Waals surface area contributed by atoms with Crippen LogP contribution < -0.4 is 0 Å². The summed E-state index contributed by atoms with van der Waals surface area (Å²) in [5, 5.41) is 0. The second-order valence-corrected chi connectivity index (χ2v) is 5.61. The Balaban J connectivity index is 1.91. The van der Waals surface area contributed by atoms with E-state index in [-0.39, 0.29) is 0 Å². The monoisotopic (exact) mass is 223 g/mol. The largest absolute Gasteiger partial charge is 0.378 e. The molecule has 0 aromatic carbocycles. The lowest BCUT2D eigenvalue weighted by Gasteiger charge is -2.37.